The molecule has 0 atom stereocenters. The molecule has 11 aromatic rings. The molecule has 0 spiro atoms. The van der Waals surface area contributed by atoms with Gasteiger partial charge in [0.15, 0.2) is 11.2 Å². The van der Waals surface area contributed by atoms with E-state index in [4.69, 9.17) is 8.83 Å². The smallest absolute Gasteiger partial charge is 0.252 e. The van der Waals surface area contributed by atoms with Gasteiger partial charge in [0, 0.05) is 61.4 Å². The molecule has 0 saturated carbocycles. The van der Waals surface area contributed by atoms with Crippen LogP contribution in [0, 0.1) is 0 Å². The standard InChI is InChI=1S/C54H29B2N3O2S/c1-3-15-30(16-4-1)57-40-23-11-9-21-36(40)55-38-27-34-32-19-7-13-25-44(32)60-51(34)53-48(38)59-49-39(28-35-33-20-8-14-26-45(33)61-52(35)54(49)62-53)56-37-22-10-12-24-41(37)58(31-17-5-2-6-18-31)43-29-42(57)46(55)50(59)47(43)56/h1-29H. The van der Waals surface area contributed by atoms with E-state index < -0.39 is 0 Å². The third kappa shape index (κ3) is 3.75. The topological polar surface area (TPSA) is 36.0 Å². The van der Waals surface area contributed by atoms with E-state index in [0.29, 0.717) is 0 Å². The van der Waals surface area contributed by atoms with Crippen molar-refractivity contribution in [1.29, 1.82) is 0 Å². The minimum Gasteiger partial charge on any atom is -0.455 e. The van der Waals surface area contributed by atoms with E-state index in [1.165, 1.54) is 72.6 Å². The summed E-state index contributed by atoms with van der Waals surface area (Å²) in [5.74, 6) is 0. The van der Waals surface area contributed by atoms with Crippen molar-refractivity contribution in [3.63, 3.8) is 0 Å². The molecule has 8 heteroatoms. The predicted octanol–water partition coefficient (Wildman–Crippen LogP) is 10.6. The molecule has 0 saturated heterocycles. The molecule has 62 heavy (non-hydrogen) atoms. The van der Waals surface area contributed by atoms with Crippen LogP contribution in [0.3, 0.4) is 0 Å². The molecule has 0 radical (unpaired) electrons. The Morgan fingerprint density at radius 2 is 0.790 bits per heavy atom. The summed E-state index contributed by atoms with van der Waals surface area (Å²) in [7, 11) is 0. The van der Waals surface area contributed by atoms with Gasteiger partial charge in [0.2, 0.25) is 0 Å². The highest BCUT2D eigenvalue weighted by molar-refractivity contribution is 8.00. The van der Waals surface area contributed by atoms with Crippen molar-refractivity contribution >= 4 is 153 Å². The third-order valence-electron chi connectivity index (χ3n) is 14.2. The third-order valence-corrected chi connectivity index (χ3v) is 15.3. The van der Waals surface area contributed by atoms with E-state index in [1.807, 2.05) is 11.8 Å². The van der Waals surface area contributed by atoms with Crippen LogP contribution in [0.25, 0.3) is 43.9 Å². The molecule has 284 valence electrons. The molecule has 0 bridgehead atoms. The first kappa shape index (κ1) is 32.3. The maximum Gasteiger partial charge on any atom is 0.252 e. The first-order valence-electron chi connectivity index (χ1n) is 21.3. The van der Waals surface area contributed by atoms with Crippen LogP contribution in [0.2, 0.25) is 0 Å². The zero-order valence-electron chi connectivity index (χ0n) is 33.0. The van der Waals surface area contributed by atoms with E-state index in [2.05, 4.69) is 191 Å². The number of hydrogen-bond acceptors (Lipinski definition) is 6. The minimum atomic E-state index is -0.0360. The number of para-hydroxylation sites is 6. The molecule has 0 amide bonds. The fraction of sp³-hybridized carbons (Fsp3) is 0. The largest absolute Gasteiger partial charge is 0.455 e. The van der Waals surface area contributed by atoms with Crippen LogP contribution >= 0.6 is 11.8 Å². The van der Waals surface area contributed by atoms with E-state index in [0.717, 1.165) is 65.0 Å². The average Bonchev–Trinajstić information content (AvgIpc) is 3.90. The molecule has 2 aromatic heterocycles. The zero-order valence-corrected chi connectivity index (χ0v) is 33.8. The molecule has 0 N–H and O–H groups in total. The van der Waals surface area contributed by atoms with Gasteiger partial charge in [-0.2, -0.15) is 0 Å². The van der Waals surface area contributed by atoms with Gasteiger partial charge in [0.1, 0.15) is 11.2 Å². The summed E-state index contributed by atoms with van der Waals surface area (Å²) < 4.78 is 14.0. The van der Waals surface area contributed by atoms with Crippen LogP contribution in [0.4, 0.5) is 51.2 Å². The lowest BCUT2D eigenvalue weighted by Gasteiger charge is -2.52. The first-order chi connectivity index (χ1) is 30.8. The van der Waals surface area contributed by atoms with Crippen molar-refractivity contribution in [2.45, 2.75) is 9.79 Å². The lowest BCUT2D eigenvalue weighted by molar-refractivity contribution is 0.658. The Morgan fingerprint density at radius 3 is 1.29 bits per heavy atom. The monoisotopic (exact) mass is 805 g/mol. The number of furan rings is 2. The van der Waals surface area contributed by atoms with Crippen molar-refractivity contribution in [1.82, 2.24) is 0 Å². The molecule has 9 aromatic carbocycles. The SMILES string of the molecule is c1ccc(N2c3ccccc3B3c4cc5c(oc6ccccc65)c5c4N4c6c3c2cc2c6B(c3ccccc3N2c2ccccc2)c2cc3c(oc6ccccc63)c(c24)S5)cc1. The van der Waals surface area contributed by atoms with Crippen molar-refractivity contribution in [3.05, 3.63) is 176 Å². The molecule has 5 aliphatic heterocycles. The van der Waals surface area contributed by atoms with Crippen LogP contribution < -0.4 is 47.5 Å². The molecule has 16 rings (SSSR count). The normalized spacial score (nSPS) is 14.5. The second-order valence-electron chi connectivity index (χ2n) is 17.1. The Balaban J connectivity index is 1.15. The van der Waals surface area contributed by atoms with Crippen LogP contribution in [0.15, 0.2) is 195 Å². The summed E-state index contributed by atoms with van der Waals surface area (Å²) >= 11 is 1.83. The summed E-state index contributed by atoms with van der Waals surface area (Å²) in [6.45, 7) is -0.0719. The summed E-state index contributed by atoms with van der Waals surface area (Å²) in [5, 5.41) is 4.56. The fourth-order valence-electron chi connectivity index (χ4n) is 11.9. The van der Waals surface area contributed by atoms with Gasteiger partial charge in [0.05, 0.1) is 21.2 Å². The van der Waals surface area contributed by atoms with Crippen LogP contribution in [0.1, 0.15) is 0 Å². The molecule has 0 aliphatic carbocycles. The van der Waals surface area contributed by atoms with E-state index in [1.54, 1.807) is 0 Å². The molecule has 7 heterocycles. The number of fused-ring (bicyclic) bond motifs is 14. The fourth-order valence-corrected chi connectivity index (χ4v) is 13.2. The highest BCUT2D eigenvalue weighted by atomic mass is 32.2. The van der Waals surface area contributed by atoms with Gasteiger partial charge in [-0.3, -0.25) is 0 Å². The van der Waals surface area contributed by atoms with Gasteiger partial charge in [0.25, 0.3) is 13.4 Å². The lowest BCUT2D eigenvalue weighted by atomic mass is 9.28. The highest BCUT2D eigenvalue weighted by Crippen LogP contribution is 2.60. The molecule has 5 nitrogen and oxygen atoms in total. The van der Waals surface area contributed by atoms with Gasteiger partial charge in [-0.05, 0) is 87.4 Å². The highest BCUT2D eigenvalue weighted by Gasteiger charge is 2.54. The number of hydrogen-bond donors (Lipinski definition) is 0. The molecule has 0 unspecified atom stereocenters. The van der Waals surface area contributed by atoms with E-state index >= 15 is 0 Å². The zero-order chi connectivity index (χ0) is 39.9. The van der Waals surface area contributed by atoms with Crippen LogP contribution in [-0.4, -0.2) is 13.4 Å². The van der Waals surface area contributed by atoms with Crippen molar-refractivity contribution < 1.29 is 8.83 Å². The number of nitrogens with zero attached hydrogens (tertiary/aromatic N) is 3. The minimum absolute atomic E-state index is 0.0360. The Hall–Kier alpha value is -7.54. The van der Waals surface area contributed by atoms with E-state index in [-0.39, 0.29) is 13.4 Å². The lowest BCUT2D eigenvalue weighted by Crippen LogP contribution is -2.69. The Morgan fingerprint density at radius 1 is 0.355 bits per heavy atom. The Bertz CT molecular complexity index is 3600. The summed E-state index contributed by atoms with van der Waals surface area (Å²) in [6, 6.07) is 64.6. The van der Waals surface area contributed by atoms with Gasteiger partial charge < -0.3 is 23.5 Å². The van der Waals surface area contributed by atoms with E-state index in [9.17, 15) is 0 Å². The molecular weight excluding hydrogens is 776 g/mol. The van der Waals surface area contributed by atoms with Crippen molar-refractivity contribution in [2.75, 3.05) is 14.7 Å². The summed E-state index contributed by atoms with van der Waals surface area (Å²) in [5.41, 5.74) is 22.3. The van der Waals surface area contributed by atoms with Gasteiger partial charge in [-0.25, -0.2) is 0 Å². The summed E-state index contributed by atoms with van der Waals surface area (Å²) in [4.78, 5) is 9.98. The van der Waals surface area contributed by atoms with Crippen molar-refractivity contribution in [3.8, 4) is 0 Å². The second kappa shape index (κ2) is 11.2. The Labute approximate surface area is 360 Å². The summed E-state index contributed by atoms with van der Waals surface area (Å²) in [6.07, 6.45) is 0. The van der Waals surface area contributed by atoms with Gasteiger partial charge >= 0.3 is 0 Å². The molecule has 0 fully saturated rings. The quantitative estimate of drug-likeness (QED) is 0.162. The predicted molar refractivity (Wildman–Crippen MR) is 258 cm³/mol. The van der Waals surface area contributed by atoms with Crippen LogP contribution in [-0.2, 0) is 0 Å². The van der Waals surface area contributed by atoms with Gasteiger partial charge in [-0.15, -0.1) is 0 Å². The van der Waals surface area contributed by atoms with Crippen LogP contribution in [0.5, 0.6) is 0 Å². The van der Waals surface area contributed by atoms with Crippen molar-refractivity contribution in [2.24, 2.45) is 0 Å². The number of anilines is 9. The number of benzene rings is 9. The first-order valence-corrected chi connectivity index (χ1v) is 22.1. The Kier molecular flexibility index (Phi) is 5.84. The molecule has 5 aliphatic rings. The molecular formula is C54H29B2N3O2S. The number of rotatable bonds is 2. The maximum absolute atomic E-state index is 7.00. The average molecular weight is 806 g/mol. The maximum atomic E-state index is 7.00. The second-order valence-corrected chi connectivity index (χ2v) is 18.1. The van der Waals surface area contributed by atoms with Gasteiger partial charge in [-0.1, -0.05) is 133 Å².